The van der Waals surface area contributed by atoms with Crippen LogP contribution in [0.3, 0.4) is 0 Å². The number of rotatable bonds is 8. The first kappa shape index (κ1) is 15.7. The Kier molecular flexibility index (Phi) is 6.52. The van der Waals surface area contributed by atoms with Crippen molar-refractivity contribution in [1.82, 2.24) is 10.3 Å². The van der Waals surface area contributed by atoms with Crippen LogP contribution in [0, 0.1) is 5.92 Å². The number of hydrogen-bond donors (Lipinski definition) is 3. The van der Waals surface area contributed by atoms with E-state index in [9.17, 15) is 9.90 Å². The van der Waals surface area contributed by atoms with Crippen LogP contribution < -0.4 is 10.6 Å². The summed E-state index contributed by atoms with van der Waals surface area (Å²) in [6, 6.07) is 0. The molecule has 1 amide bonds. The Bertz CT molecular complexity index is 418. The fourth-order valence-corrected chi connectivity index (χ4v) is 2.38. The number of anilines is 1. The zero-order chi connectivity index (χ0) is 14.3. The Morgan fingerprint density at radius 1 is 1.63 bits per heavy atom. The van der Waals surface area contributed by atoms with E-state index in [4.69, 9.17) is 0 Å². The summed E-state index contributed by atoms with van der Waals surface area (Å²) in [5.74, 6) is 0.122. The van der Waals surface area contributed by atoms with E-state index < -0.39 is 0 Å². The van der Waals surface area contributed by atoms with Crippen molar-refractivity contribution in [2.45, 2.75) is 26.4 Å². The highest BCUT2D eigenvalue weighted by Gasteiger charge is 2.12. The first-order valence-corrected chi connectivity index (χ1v) is 7.11. The number of nitrogens with one attached hydrogen (secondary N) is 2. The summed E-state index contributed by atoms with van der Waals surface area (Å²) in [7, 11) is 0. The molecule has 1 aromatic heterocycles. The number of aliphatic hydroxyl groups excluding tert-OH is 1. The number of aliphatic hydroxyl groups is 1. The first-order valence-electron chi connectivity index (χ1n) is 6.29. The Labute approximate surface area is 117 Å². The van der Waals surface area contributed by atoms with E-state index in [0.29, 0.717) is 29.5 Å². The monoisotopic (exact) mass is 283 g/mol. The summed E-state index contributed by atoms with van der Waals surface area (Å²) in [5.41, 5.74) is 0. The minimum Gasteiger partial charge on any atom is -0.393 e. The molecule has 0 saturated carbocycles. The van der Waals surface area contributed by atoms with Gasteiger partial charge in [0, 0.05) is 13.1 Å². The summed E-state index contributed by atoms with van der Waals surface area (Å²) in [4.78, 5) is 16.6. The molecule has 0 aromatic carbocycles. The second-order valence-corrected chi connectivity index (χ2v) is 5.63. The minimum atomic E-state index is -0.343. The van der Waals surface area contributed by atoms with Crippen molar-refractivity contribution in [2.24, 2.45) is 5.92 Å². The van der Waals surface area contributed by atoms with Gasteiger partial charge in [0.15, 0.2) is 5.13 Å². The Morgan fingerprint density at radius 2 is 2.37 bits per heavy atom. The van der Waals surface area contributed by atoms with Crippen LogP contribution in [-0.4, -0.2) is 35.2 Å². The number of carbonyl (C=O) groups excluding carboxylic acids is 1. The largest absolute Gasteiger partial charge is 0.393 e. The van der Waals surface area contributed by atoms with Crippen molar-refractivity contribution < 1.29 is 9.90 Å². The highest BCUT2D eigenvalue weighted by Crippen LogP contribution is 2.17. The first-order chi connectivity index (χ1) is 9.02. The molecule has 0 bridgehead atoms. The van der Waals surface area contributed by atoms with E-state index in [1.165, 1.54) is 11.3 Å². The lowest BCUT2D eigenvalue weighted by atomic mass is 10.0. The van der Waals surface area contributed by atoms with E-state index in [1.54, 1.807) is 19.2 Å². The van der Waals surface area contributed by atoms with E-state index in [0.717, 1.165) is 0 Å². The number of nitrogens with zero attached hydrogens (tertiary/aromatic N) is 1. The third-order valence-corrected chi connectivity index (χ3v) is 3.44. The van der Waals surface area contributed by atoms with Crippen LogP contribution in [-0.2, 0) is 0 Å². The maximum atomic E-state index is 11.9. The Hall–Kier alpha value is -1.40. The molecule has 3 N–H and O–H groups in total. The number of amides is 1. The molecule has 2 unspecified atom stereocenters. The van der Waals surface area contributed by atoms with Crippen molar-refractivity contribution in [3.05, 3.63) is 23.7 Å². The molecule has 106 valence electrons. The zero-order valence-electron chi connectivity index (χ0n) is 11.3. The third kappa shape index (κ3) is 5.85. The van der Waals surface area contributed by atoms with Crippen LogP contribution in [0.4, 0.5) is 5.13 Å². The predicted molar refractivity (Wildman–Crippen MR) is 78.6 cm³/mol. The fraction of sp³-hybridized carbons (Fsp3) is 0.538. The SMILES string of the molecule is C=CCNc1ncc(C(=O)NCC(C)CC(C)O)s1. The lowest BCUT2D eigenvalue weighted by Gasteiger charge is -2.13. The quantitative estimate of drug-likeness (QED) is 0.637. The van der Waals surface area contributed by atoms with Crippen molar-refractivity contribution in [3.63, 3.8) is 0 Å². The van der Waals surface area contributed by atoms with Gasteiger partial charge in [-0.15, -0.1) is 6.58 Å². The number of carbonyl (C=O) groups is 1. The van der Waals surface area contributed by atoms with Crippen LogP contribution in [0.25, 0.3) is 0 Å². The Balaban J connectivity index is 2.40. The molecule has 0 aliphatic carbocycles. The van der Waals surface area contributed by atoms with Gasteiger partial charge >= 0.3 is 0 Å². The molecular formula is C13H21N3O2S. The van der Waals surface area contributed by atoms with Gasteiger partial charge in [0.2, 0.25) is 0 Å². The average molecular weight is 283 g/mol. The van der Waals surface area contributed by atoms with E-state index in [2.05, 4.69) is 22.2 Å². The lowest BCUT2D eigenvalue weighted by molar-refractivity contribution is 0.0943. The molecule has 0 aliphatic heterocycles. The summed E-state index contributed by atoms with van der Waals surface area (Å²) in [5, 5.41) is 15.8. The van der Waals surface area contributed by atoms with Gasteiger partial charge in [-0.1, -0.05) is 24.3 Å². The molecular weight excluding hydrogens is 262 g/mol. The van der Waals surface area contributed by atoms with Crippen LogP contribution in [0.2, 0.25) is 0 Å². The molecule has 1 heterocycles. The standard InChI is InChI=1S/C13H21N3O2S/c1-4-5-14-13-16-8-11(19-13)12(18)15-7-9(2)6-10(3)17/h4,8-10,17H,1,5-7H2,2-3H3,(H,14,16)(H,15,18). The van der Waals surface area contributed by atoms with Crippen LogP contribution in [0.1, 0.15) is 29.9 Å². The molecule has 5 nitrogen and oxygen atoms in total. The molecule has 6 heteroatoms. The smallest absolute Gasteiger partial charge is 0.263 e. The maximum Gasteiger partial charge on any atom is 0.263 e. The van der Waals surface area contributed by atoms with Crippen molar-refractivity contribution in [3.8, 4) is 0 Å². The molecule has 19 heavy (non-hydrogen) atoms. The van der Waals surface area contributed by atoms with E-state index in [-0.39, 0.29) is 17.9 Å². The summed E-state index contributed by atoms with van der Waals surface area (Å²) in [6.45, 7) is 8.53. The fourth-order valence-electron chi connectivity index (χ4n) is 1.64. The molecule has 2 atom stereocenters. The van der Waals surface area contributed by atoms with Gasteiger partial charge in [0.05, 0.1) is 12.3 Å². The van der Waals surface area contributed by atoms with Crippen LogP contribution in [0.15, 0.2) is 18.9 Å². The van der Waals surface area contributed by atoms with Crippen molar-refractivity contribution in [1.29, 1.82) is 0 Å². The summed E-state index contributed by atoms with van der Waals surface area (Å²) < 4.78 is 0. The zero-order valence-corrected chi connectivity index (χ0v) is 12.2. The van der Waals surface area contributed by atoms with Crippen LogP contribution >= 0.6 is 11.3 Å². The van der Waals surface area contributed by atoms with E-state index >= 15 is 0 Å². The van der Waals surface area contributed by atoms with Crippen LogP contribution in [0.5, 0.6) is 0 Å². The Morgan fingerprint density at radius 3 is 3.00 bits per heavy atom. The molecule has 0 fully saturated rings. The highest BCUT2D eigenvalue weighted by atomic mass is 32.1. The summed E-state index contributed by atoms with van der Waals surface area (Å²) in [6.07, 6.45) is 3.63. The van der Waals surface area contributed by atoms with Gasteiger partial charge in [-0.2, -0.15) is 0 Å². The molecule has 0 radical (unpaired) electrons. The van der Waals surface area contributed by atoms with Gasteiger partial charge in [-0.3, -0.25) is 4.79 Å². The predicted octanol–water partition coefficient (Wildman–Crippen LogP) is 1.88. The van der Waals surface area contributed by atoms with Gasteiger partial charge in [0.1, 0.15) is 4.88 Å². The van der Waals surface area contributed by atoms with Gasteiger partial charge < -0.3 is 15.7 Å². The molecule has 0 aliphatic rings. The van der Waals surface area contributed by atoms with Crippen molar-refractivity contribution in [2.75, 3.05) is 18.4 Å². The molecule has 1 rings (SSSR count). The summed E-state index contributed by atoms with van der Waals surface area (Å²) >= 11 is 1.32. The molecule has 1 aromatic rings. The molecule has 0 saturated heterocycles. The lowest BCUT2D eigenvalue weighted by Crippen LogP contribution is -2.28. The minimum absolute atomic E-state index is 0.124. The molecule has 0 spiro atoms. The average Bonchev–Trinajstić information content (AvgIpc) is 2.81. The number of aromatic nitrogens is 1. The van der Waals surface area contributed by atoms with Gasteiger partial charge in [-0.05, 0) is 19.3 Å². The number of thiazole rings is 1. The number of hydrogen-bond acceptors (Lipinski definition) is 5. The second-order valence-electron chi connectivity index (χ2n) is 4.60. The van der Waals surface area contributed by atoms with Gasteiger partial charge in [-0.25, -0.2) is 4.98 Å². The van der Waals surface area contributed by atoms with E-state index in [1.807, 2.05) is 6.92 Å². The second kappa shape index (κ2) is 7.91. The van der Waals surface area contributed by atoms with Crippen molar-refractivity contribution >= 4 is 22.4 Å². The normalized spacial score (nSPS) is 13.6. The van der Waals surface area contributed by atoms with Gasteiger partial charge in [0.25, 0.3) is 5.91 Å². The topological polar surface area (TPSA) is 74.2 Å². The maximum absolute atomic E-state index is 11.9. The highest BCUT2D eigenvalue weighted by molar-refractivity contribution is 7.17. The third-order valence-electron chi connectivity index (χ3n) is 2.48.